The van der Waals surface area contributed by atoms with E-state index in [2.05, 4.69) is 5.10 Å². The van der Waals surface area contributed by atoms with E-state index < -0.39 is 11.9 Å². The van der Waals surface area contributed by atoms with Gasteiger partial charge in [0.1, 0.15) is 0 Å². The van der Waals surface area contributed by atoms with Crippen LogP contribution in [0, 0.1) is 0 Å². The minimum Gasteiger partial charge on any atom is -0.392 e. The van der Waals surface area contributed by atoms with Gasteiger partial charge in [0, 0.05) is 11.3 Å². The summed E-state index contributed by atoms with van der Waals surface area (Å²) in [5, 5.41) is 12.9. The van der Waals surface area contributed by atoms with Crippen LogP contribution >= 0.6 is 0 Å². The fourth-order valence-corrected chi connectivity index (χ4v) is 2.95. The summed E-state index contributed by atoms with van der Waals surface area (Å²) < 4.78 is 40.9. The lowest BCUT2D eigenvalue weighted by Crippen LogP contribution is -2.11. The van der Waals surface area contributed by atoms with Crippen molar-refractivity contribution < 1.29 is 18.3 Å². The summed E-state index contributed by atoms with van der Waals surface area (Å²) in [4.78, 5) is 0. The quantitative estimate of drug-likeness (QED) is 0.944. The number of benzene rings is 1. The van der Waals surface area contributed by atoms with Gasteiger partial charge in [-0.05, 0) is 36.8 Å². The Labute approximate surface area is 126 Å². The largest absolute Gasteiger partial charge is 0.435 e. The maximum atomic E-state index is 13.1. The van der Waals surface area contributed by atoms with E-state index in [0.717, 1.165) is 24.0 Å². The average Bonchev–Trinajstić information content (AvgIpc) is 2.87. The molecule has 0 aliphatic heterocycles. The van der Waals surface area contributed by atoms with Crippen molar-refractivity contribution >= 4 is 0 Å². The lowest BCUT2D eigenvalue weighted by Gasteiger charge is -2.14. The number of rotatable bonds is 3. The van der Waals surface area contributed by atoms with E-state index in [4.69, 9.17) is 5.11 Å². The van der Waals surface area contributed by atoms with Gasteiger partial charge in [-0.2, -0.15) is 18.3 Å². The fraction of sp³-hybridized carbons (Fsp3) is 0.438. The zero-order valence-electron chi connectivity index (χ0n) is 12.0. The number of aliphatic hydroxyl groups is 1. The van der Waals surface area contributed by atoms with Crippen LogP contribution in [0.15, 0.2) is 24.3 Å². The summed E-state index contributed by atoms with van der Waals surface area (Å²) in [5.41, 5.74) is 2.01. The molecule has 1 aliphatic rings. The first-order valence-electron chi connectivity index (χ1n) is 7.33. The molecule has 1 heterocycles. The lowest BCUT2D eigenvalue weighted by atomic mass is 9.95. The van der Waals surface area contributed by atoms with E-state index in [1.165, 1.54) is 4.68 Å². The number of halogens is 3. The van der Waals surface area contributed by atoms with Crippen LogP contribution in [0.2, 0.25) is 0 Å². The number of fused-ring (bicyclic) bond motifs is 1. The van der Waals surface area contributed by atoms with E-state index in [1.54, 1.807) is 12.1 Å². The zero-order chi connectivity index (χ0) is 15.7. The standard InChI is InChI=1S/C16H17F3N2O/c17-16(18,19)15-13-3-1-2-4-14(13)21(20-15)9-11-5-7-12(10-22)8-6-11/h5-8,22H,1-4,9-10H2. The van der Waals surface area contributed by atoms with E-state index >= 15 is 0 Å². The molecule has 0 saturated carbocycles. The van der Waals surface area contributed by atoms with Gasteiger partial charge in [0.05, 0.1) is 13.2 Å². The highest BCUT2D eigenvalue weighted by molar-refractivity contribution is 5.32. The van der Waals surface area contributed by atoms with Gasteiger partial charge >= 0.3 is 6.18 Å². The van der Waals surface area contributed by atoms with Gasteiger partial charge in [0.15, 0.2) is 5.69 Å². The van der Waals surface area contributed by atoms with Crippen molar-refractivity contribution in [1.82, 2.24) is 9.78 Å². The summed E-state index contributed by atoms with van der Waals surface area (Å²) in [7, 11) is 0. The van der Waals surface area contributed by atoms with Crippen LogP contribution in [0.4, 0.5) is 13.2 Å². The molecule has 118 valence electrons. The molecule has 1 N–H and O–H groups in total. The number of aliphatic hydroxyl groups excluding tert-OH is 1. The molecule has 6 heteroatoms. The third kappa shape index (κ3) is 2.88. The second-order valence-electron chi connectivity index (χ2n) is 5.61. The van der Waals surface area contributed by atoms with Crippen molar-refractivity contribution in [2.24, 2.45) is 0 Å². The molecular formula is C16H17F3N2O. The van der Waals surface area contributed by atoms with Crippen LogP contribution in [0.5, 0.6) is 0 Å². The summed E-state index contributed by atoms with van der Waals surface area (Å²) in [5.74, 6) is 0. The minimum absolute atomic E-state index is 0.0460. The highest BCUT2D eigenvalue weighted by atomic mass is 19.4. The third-order valence-electron chi connectivity index (χ3n) is 4.06. The van der Waals surface area contributed by atoms with Gasteiger partial charge in [0.25, 0.3) is 0 Å². The summed E-state index contributed by atoms with van der Waals surface area (Å²) in [6.45, 7) is 0.278. The molecule has 0 spiro atoms. The van der Waals surface area contributed by atoms with Crippen LogP contribution in [0.1, 0.15) is 40.9 Å². The van der Waals surface area contributed by atoms with Crippen LogP contribution < -0.4 is 0 Å². The first-order valence-corrected chi connectivity index (χ1v) is 7.33. The molecule has 1 aromatic carbocycles. The number of alkyl halides is 3. The first-order chi connectivity index (χ1) is 10.5. The highest BCUT2D eigenvalue weighted by Crippen LogP contribution is 2.36. The molecule has 3 nitrogen and oxygen atoms in total. The molecule has 2 aromatic rings. The van der Waals surface area contributed by atoms with Gasteiger partial charge < -0.3 is 5.11 Å². The van der Waals surface area contributed by atoms with Crippen molar-refractivity contribution in [2.75, 3.05) is 0 Å². The predicted octanol–water partition coefficient (Wildman–Crippen LogP) is 3.32. The molecule has 1 aliphatic carbocycles. The number of hydrogen-bond acceptors (Lipinski definition) is 2. The molecular weight excluding hydrogens is 293 g/mol. The summed E-state index contributed by atoms with van der Waals surface area (Å²) in [6.07, 6.45) is -1.61. The molecule has 0 saturated heterocycles. The Balaban J connectivity index is 1.94. The van der Waals surface area contributed by atoms with Crippen LogP contribution in [-0.2, 0) is 32.2 Å². The first kappa shape index (κ1) is 15.1. The van der Waals surface area contributed by atoms with Crippen LogP contribution in [0.3, 0.4) is 0 Å². The Morgan fingerprint density at radius 3 is 2.32 bits per heavy atom. The van der Waals surface area contributed by atoms with Gasteiger partial charge in [-0.15, -0.1) is 0 Å². The predicted molar refractivity (Wildman–Crippen MR) is 75.3 cm³/mol. The number of hydrogen-bond donors (Lipinski definition) is 1. The van der Waals surface area contributed by atoms with E-state index in [9.17, 15) is 13.2 Å². The molecule has 0 unspecified atom stereocenters. The van der Waals surface area contributed by atoms with Crippen LogP contribution in [0.25, 0.3) is 0 Å². The van der Waals surface area contributed by atoms with Crippen molar-refractivity contribution in [3.8, 4) is 0 Å². The van der Waals surface area contributed by atoms with Crippen molar-refractivity contribution in [3.63, 3.8) is 0 Å². The second kappa shape index (κ2) is 5.76. The van der Waals surface area contributed by atoms with Crippen molar-refractivity contribution in [1.29, 1.82) is 0 Å². The molecule has 3 rings (SSSR count). The highest BCUT2D eigenvalue weighted by Gasteiger charge is 2.39. The Bertz CT molecular complexity index is 659. The zero-order valence-corrected chi connectivity index (χ0v) is 12.0. The van der Waals surface area contributed by atoms with Gasteiger partial charge in [0.2, 0.25) is 0 Å². The van der Waals surface area contributed by atoms with Gasteiger partial charge in [-0.3, -0.25) is 4.68 Å². The molecule has 22 heavy (non-hydrogen) atoms. The number of nitrogens with zero attached hydrogens (tertiary/aromatic N) is 2. The topological polar surface area (TPSA) is 38.0 Å². The van der Waals surface area contributed by atoms with Crippen LogP contribution in [-0.4, -0.2) is 14.9 Å². The third-order valence-corrected chi connectivity index (χ3v) is 4.06. The Morgan fingerprint density at radius 1 is 1.05 bits per heavy atom. The molecule has 0 amide bonds. The molecule has 0 atom stereocenters. The van der Waals surface area contributed by atoms with E-state index in [0.29, 0.717) is 30.6 Å². The second-order valence-corrected chi connectivity index (χ2v) is 5.61. The summed E-state index contributed by atoms with van der Waals surface area (Å²) in [6, 6.07) is 7.18. The molecule has 1 aromatic heterocycles. The maximum Gasteiger partial charge on any atom is 0.435 e. The Morgan fingerprint density at radius 2 is 1.68 bits per heavy atom. The normalized spacial score (nSPS) is 14.9. The van der Waals surface area contributed by atoms with E-state index in [-0.39, 0.29) is 6.61 Å². The monoisotopic (exact) mass is 310 g/mol. The van der Waals surface area contributed by atoms with Crippen molar-refractivity contribution in [3.05, 3.63) is 52.3 Å². The minimum atomic E-state index is -4.40. The maximum absolute atomic E-state index is 13.1. The van der Waals surface area contributed by atoms with Crippen molar-refractivity contribution in [2.45, 2.75) is 45.0 Å². The van der Waals surface area contributed by atoms with E-state index in [1.807, 2.05) is 12.1 Å². The lowest BCUT2D eigenvalue weighted by molar-refractivity contribution is -0.142. The molecule has 0 fully saturated rings. The SMILES string of the molecule is OCc1ccc(Cn2nc(C(F)(F)F)c3c2CCCC3)cc1. The molecule has 0 radical (unpaired) electrons. The van der Waals surface area contributed by atoms with Gasteiger partial charge in [-0.1, -0.05) is 24.3 Å². The fourth-order valence-electron chi connectivity index (χ4n) is 2.95. The Hall–Kier alpha value is -1.82. The molecule has 0 bridgehead atoms. The smallest absolute Gasteiger partial charge is 0.392 e. The number of aromatic nitrogens is 2. The average molecular weight is 310 g/mol. The Kier molecular flexibility index (Phi) is 3.95. The summed E-state index contributed by atoms with van der Waals surface area (Å²) >= 11 is 0. The van der Waals surface area contributed by atoms with Gasteiger partial charge in [-0.25, -0.2) is 0 Å².